The molecule has 0 spiro atoms. The van der Waals surface area contributed by atoms with Gasteiger partial charge in [-0.15, -0.1) is 0 Å². The number of rotatable bonds is 6. The van der Waals surface area contributed by atoms with Crippen molar-refractivity contribution >= 4 is 0 Å². The van der Waals surface area contributed by atoms with Crippen molar-refractivity contribution in [2.75, 3.05) is 26.7 Å². The molecule has 4 heteroatoms. The second-order valence-electron chi connectivity index (χ2n) is 5.19. The van der Waals surface area contributed by atoms with Crippen LogP contribution in [0.4, 0.5) is 0 Å². The molecule has 0 radical (unpaired) electrons. The highest BCUT2D eigenvalue weighted by atomic mass is 15.2. The molecule has 2 unspecified atom stereocenters. The van der Waals surface area contributed by atoms with Crippen LogP contribution in [0.15, 0.2) is 12.5 Å². The fourth-order valence-corrected chi connectivity index (χ4v) is 3.19. The smallest absolute Gasteiger partial charge is 0.0948 e. The van der Waals surface area contributed by atoms with Crippen molar-refractivity contribution in [3.8, 4) is 0 Å². The van der Waals surface area contributed by atoms with Gasteiger partial charge in [0.15, 0.2) is 0 Å². The SMILES string of the molecule is CCCn1cncc1C1C(CNC)CCN1CC. The molecule has 0 aromatic carbocycles. The van der Waals surface area contributed by atoms with Gasteiger partial charge < -0.3 is 9.88 Å². The van der Waals surface area contributed by atoms with Gasteiger partial charge in [0.2, 0.25) is 0 Å². The number of likely N-dealkylation sites (tertiary alicyclic amines) is 1. The van der Waals surface area contributed by atoms with Crippen LogP contribution in [0.25, 0.3) is 0 Å². The average Bonchev–Trinajstić information content (AvgIpc) is 2.96. The Morgan fingerprint density at radius 2 is 2.28 bits per heavy atom. The van der Waals surface area contributed by atoms with Crippen LogP contribution < -0.4 is 5.32 Å². The van der Waals surface area contributed by atoms with E-state index in [0.29, 0.717) is 12.0 Å². The minimum Gasteiger partial charge on any atom is -0.333 e. The summed E-state index contributed by atoms with van der Waals surface area (Å²) >= 11 is 0. The fourth-order valence-electron chi connectivity index (χ4n) is 3.19. The van der Waals surface area contributed by atoms with Crippen LogP contribution in [0, 0.1) is 5.92 Å². The Bertz CT molecular complexity index is 360. The topological polar surface area (TPSA) is 33.1 Å². The molecular formula is C14H26N4. The molecule has 0 bridgehead atoms. The van der Waals surface area contributed by atoms with Crippen molar-refractivity contribution in [3.05, 3.63) is 18.2 Å². The molecule has 1 N–H and O–H groups in total. The number of hydrogen-bond donors (Lipinski definition) is 1. The summed E-state index contributed by atoms with van der Waals surface area (Å²) in [4.78, 5) is 6.95. The summed E-state index contributed by atoms with van der Waals surface area (Å²) in [7, 11) is 2.05. The van der Waals surface area contributed by atoms with Gasteiger partial charge in [0.1, 0.15) is 0 Å². The van der Waals surface area contributed by atoms with Gasteiger partial charge in [0, 0.05) is 12.7 Å². The third-order valence-corrected chi connectivity index (χ3v) is 4.01. The highest BCUT2D eigenvalue weighted by molar-refractivity contribution is 5.10. The Morgan fingerprint density at radius 3 is 2.94 bits per heavy atom. The monoisotopic (exact) mass is 250 g/mol. The maximum absolute atomic E-state index is 4.36. The first kappa shape index (κ1) is 13.6. The van der Waals surface area contributed by atoms with Crippen LogP contribution in [0.5, 0.6) is 0 Å². The normalized spacial score (nSPS) is 24.8. The first-order valence-electron chi connectivity index (χ1n) is 7.20. The van der Waals surface area contributed by atoms with E-state index in [2.05, 4.69) is 46.9 Å². The third-order valence-electron chi connectivity index (χ3n) is 4.01. The van der Waals surface area contributed by atoms with Gasteiger partial charge >= 0.3 is 0 Å². The molecule has 102 valence electrons. The molecule has 1 aromatic rings. The van der Waals surface area contributed by atoms with Crippen LogP contribution in [0.1, 0.15) is 38.4 Å². The number of nitrogens with zero attached hydrogens (tertiary/aromatic N) is 3. The summed E-state index contributed by atoms with van der Waals surface area (Å²) in [5, 5.41) is 3.34. The quantitative estimate of drug-likeness (QED) is 0.837. The van der Waals surface area contributed by atoms with E-state index in [4.69, 9.17) is 0 Å². The Kier molecular flexibility index (Phi) is 4.78. The van der Waals surface area contributed by atoms with Crippen molar-refractivity contribution < 1.29 is 0 Å². The Balaban J connectivity index is 2.22. The highest BCUT2D eigenvalue weighted by Crippen LogP contribution is 2.36. The highest BCUT2D eigenvalue weighted by Gasteiger charge is 2.35. The van der Waals surface area contributed by atoms with Gasteiger partial charge in [0.25, 0.3) is 0 Å². The number of aryl methyl sites for hydroxylation is 1. The average molecular weight is 250 g/mol. The van der Waals surface area contributed by atoms with E-state index in [0.717, 1.165) is 19.6 Å². The lowest BCUT2D eigenvalue weighted by atomic mass is 9.97. The molecular weight excluding hydrogens is 224 g/mol. The molecule has 1 saturated heterocycles. The lowest BCUT2D eigenvalue weighted by Crippen LogP contribution is -2.30. The molecule has 0 amide bonds. The number of nitrogens with one attached hydrogen (secondary N) is 1. The Morgan fingerprint density at radius 1 is 1.44 bits per heavy atom. The molecule has 18 heavy (non-hydrogen) atoms. The van der Waals surface area contributed by atoms with Crippen LogP contribution >= 0.6 is 0 Å². The van der Waals surface area contributed by atoms with Gasteiger partial charge in [-0.25, -0.2) is 4.98 Å². The van der Waals surface area contributed by atoms with Crippen LogP contribution in [0.2, 0.25) is 0 Å². The molecule has 2 rings (SSSR count). The predicted molar refractivity (Wildman–Crippen MR) is 74.5 cm³/mol. The second-order valence-corrected chi connectivity index (χ2v) is 5.19. The van der Waals surface area contributed by atoms with Crippen molar-refractivity contribution in [1.29, 1.82) is 0 Å². The molecule has 4 nitrogen and oxygen atoms in total. The van der Waals surface area contributed by atoms with Crippen LogP contribution in [-0.4, -0.2) is 41.1 Å². The number of aromatic nitrogens is 2. The van der Waals surface area contributed by atoms with Gasteiger partial charge in [-0.05, 0) is 45.4 Å². The Hall–Kier alpha value is -0.870. The fraction of sp³-hybridized carbons (Fsp3) is 0.786. The zero-order valence-electron chi connectivity index (χ0n) is 11.9. The minimum absolute atomic E-state index is 0.538. The molecule has 2 atom stereocenters. The van der Waals surface area contributed by atoms with Crippen molar-refractivity contribution in [2.45, 2.75) is 39.3 Å². The minimum atomic E-state index is 0.538. The maximum Gasteiger partial charge on any atom is 0.0948 e. The van der Waals surface area contributed by atoms with E-state index >= 15 is 0 Å². The second kappa shape index (κ2) is 6.34. The van der Waals surface area contributed by atoms with E-state index in [1.54, 1.807) is 0 Å². The van der Waals surface area contributed by atoms with Crippen molar-refractivity contribution in [3.63, 3.8) is 0 Å². The molecule has 0 saturated carbocycles. The maximum atomic E-state index is 4.36. The van der Waals surface area contributed by atoms with E-state index in [-0.39, 0.29) is 0 Å². The van der Waals surface area contributed by atoms with E-state index in [1.165, 1.54) is 25.1 Å². The number of hydrogen-bond acceptors (Lipinski definition) is 3. The molecule has 0 aliphatic carbocycles. The summed E-state index contributed by atoms with van der Waals surface area (Å²) in [6, 6.07) is 0.538. The third kappa shape index (κ3) is 2.59. The first-order chi connectivity index (χ1) is 8.81. The zero-order chi connectivity index (χ0) is 13.0. The van der Waals surface area contributed by atoms with E-state index < -0.39 is 0 Å². The molecule has 1 fully saturated rings. The molecule has 2 heterocycles. The van der Waals surface area contributed by atoms with Crippen molar-refractivity contribution in [2.24, 2.45) is 5.92 Å². The van der Waals surface area contributed by atoms with E-state index in [9.17, 15) is 0 Å². The zero-order valence-corrected chi connectivity index (χ0v) is 11.9. The predicted octanol–water partition coefficient (Wildman–Crippen LogP) is 1.90. The van der Waals surface area contributed by atoms with Gasteiger partial charge in [-0.1, -0.05) is 13.8 Å². The molecule has 1 aliphatic rings. The lowest BCUT2D eigenvalue weighted by Gasteiger charge is -2.28. The standard InChI is InChI=1S/C14H26N4/c1-4-7-18-11-16-10-13(18)14-12(9-15-3)6-8-17(14)5-2/h10-12,14-15H,4-9H2,1-3H3. The molecule has 1 aliphatic heterocycles. The van der Waals surface area contributed by atoms with Gasteiger partial charge in [0.05, 0.1) is 18.1 Å². The summed E-state index contributed by atoms with van der Waals surface area (Å²) in [5.74, 6) is 0.710. The summed E-state index contributed by atoms with van der Waals surface area (Å²) in [6.07, 6.45) is 6.51. The van der Waals surface area contributed by atoms with E-state index in [1.807, 2.05) is 6.33 Å². The first-order valence-corrected chi connectivity index (χ1v) is 7.20. The van der Waals surface area contributed by atoms with Gasteiger partial charge in [-0.2, -0.15) is 0 Å². The Labute approximate surface area is 110 Å². The number of imidazole rings is 1. The van der Waals surface area contributed by atoms with Gasteiger partial charge in [-0.3, -0.25) is 4.90 Å². The van der Waals surface area contributed by atoms with Crippen LogP contribution in [-0.2, 0) is 6.54 Å². The molecule has 1 aromatic heterocycles. The van der Waals surface area contributed by atoms with Crippen molar-refractivity contribution in [1.82, 2.24) is 19.8 Å². The summed E-state index contributed by atoms with van der Waals surface area (Å²) in [6.45, 7) is 9.00. The summed E-state index contributed by atoms with van der Waals surface area (Å²) < 4.78 is 2.33. The summed E-state index contributed by atoms with van der Waals surface area (Å²) in [5.41, 5.74) is 1.40. The lowest BCUT2D eigenvalue weighted by molar-refractivity contribution is 0.227. The van der Waals surface area contributed by atoms with Crippen LogP contribution in [0.3, 0.4) is 0 Å². The largest absolute Gasteiger partial charge is 0.333 e.